The van der Waals surface area contributed by atoms with Gasteiger partial charge in [-0.2, -0.15) is 4.31 Å². The highest BCUT2D eigenvalue weighted by atomic mass is 32.2. The maximum atomic E-state index is 12.5. The first-order chi connectivity index (χ1) is 13.6. The second-order valence-electron chi connectivity index (χ2n) is 7.09. The van der Waals surface area contributed by atoms with E-state index in [1.54, 1.807) is 18.2 Å². The minimum absolute atomic E-state index is 0.0952. The molecule has 0 radical (unpaired) electrons. The molecule has 2 aromatic rings. The molecule has 0 saturated carbocycles. The Bertz CT molecular complexity index is 991. The Morgan fingerprint density at radius 3 is 2.31 bits per heavy atom. The van der Waals surface area contributed by atoms with Crippen LogP contribution in [-0.4, -0.2) is 49.2 Å². The molecule has 0 amide bonds. The van der Waals surface area contributed by atoms with E-state index in [0.717, 1.165) is 34.2 Å². The SMILES string of the molecule is CCCn1c(C)cc(C(=O)COC(=O)CN(C)S(=O)(=O)c2ccc(C)cc2)c1C. The van der Waals surface area contributed by atoms with Crippen LogP contribution >= 0.6 is 0 Å². The molecule has 0 spiro atoms. The van der Waals surface area contributed by atoms with Gasteiger partial charge in [0.1, 0.15) is 6.54 Å². The fourth-order valence-corrected chi connectivity index (χ4v) is 4.19. The summed E-state index contributed by atoms with van der Waals surface area (Å²) in [7, 11) is -2.51. The second kappa shape index (κ2) is 9.37. The number of hydrogen-bond acceptors (Lipinski definition) is 5. The summed E-state index contributed by atoms with van der Waals surface area (Å²) in [4.78, 5) is 24.6. The summed E-state index contributed by atoms with van der Waals surface area (Å²) in [6.45, 7) is 7.62. The molecule has 0 N–H and O–H groups in total. The molecule has 0 saturated heterocycles. The van der Waals surface area contributed by atoms with Crippen LogP contribution < -0.4 is 0 Å². The topological polar surface area (TPSA) is 85.7 Å². The largest absolute Gasteiger partial charge is 0.456 e. The van der Waals surface area contributed by atoms with Crippen molar-refractivity contribution in [1.29, 1.82) is 0 Å². The van der Waals surface area contributed by atoms with Crippen LogP contribution in [0, 0.1) is 20.8 Å². The molecule has 0 aliphatic carbocycles. The van der Waals surface area contributed by atoms with Crippen LogP contribution in [0.15, 0.2) is 35.2 Å². The van der Waals surface area contributed by atoms with E-state index >= 15 is 0 Å². The molecular weight excluding hydrogens is 392 g/mol. The molecule has 2 rings (SSSR count). The van der Waals surface area contributed by atoms with Gasteiger partial charge in [0.25, 0.3) is 0 Å². The Morgan fingerprint density at radius 2 is 1.72 bits per heavy atom. The van der Waals surface area contributed by atoms with Crippen LogP contribution in [0.3, 0.4) is 0 Å². The van der Waals surface area contributed by atoms with Gasteiger partial charge in [0.05, 0.1) is 4.90 Å². The zero-order valence-electron chi connectivity index (χ0n) is 17.6. The summed E-state index contributed by atoms with van der Waals surface area (Å²) in [5.74, 6) is -1.09. The predicted molar refractivity (Wildman–Crippen MR) is 110 cm³/mol. The van der Waals surface area contributed by atoms with E-state index in [0.29, 0.717) is 5.56 Å². The van der Waals surface area contributed by atoms with Crippen LogP contribution in [0.25, 0.3) is 0 Å². The maximum absolute atomic E-state index is 12.5. The van der Waals surface area contributed by atoms with E-state index in [-0.39, 0.29) is 10.7 Å². The van der Waals surface area contributed by atoms with Crippen molar-refractivity contribution in [3.8, 4) is 0 Å². The quantitative estimate of drug-likeness (QED) is 0.460. The van der Waals surface area contributed by atoms with Crippen molar-refractivity contribution in [2.45, 2.75) is 45.6 Å². The van der Waals surface area contributed by atoms with E-state index in [9.17, 15) is 18.0 Å². The zero-order valence-corrected chi connectivity index (χ0v) is 18.4. The van der Waals surface area contributed by atoms with E-state index in [2.05, 4.69) is 11.5 Å². The number of ether oxygens (including phenoxy) is 1. The van der Waals surface area contributed by atoms with Gasteiger partial charge in [0.2, 0.25) is 15.8 Å². The number of carbonyl (C=O) groups excluding carboxylic acids is 2. The van der Waals surface area contributed by atoms with Crippen molar-refractivity contribution < 1.29 is 22.7 Å². The molecule has 0 unspecified atom stereocenters. The normalized spacial score (nSPS) is 11.7. The van der Waals surface area contributed by atoms with E-state index in [4.69, 9.17) is 4.74 Å². The summed E-state index contributed by atoms with van der Waals surface area (Å²) in [6.07, 6.45) is 0.945. The average molecular weight is 421 g/mol. The van der Waals surface area contributed by atoms with E-state index < -0.39 is 29.1 Å². The van der Waals surface area contributed by atoms with Gasteiger partial charge in [-0.3, -0.25) is 9.59 Å². The third-order valence-corrected chi connectivity index (χ3v) is 6.58. The van der Waals surface area contributed by atoms with Crippen molar-refractivity contribution in [2.24, 2.45) is 0 Å². The molecule has 1 heterocycles. The number of aryl methyl sites for hydroxylation is 2. The standard InChI is InChI=1S/C21H28N2O5S/c1-6-11-23-16(3)12-19(17(23)4)20(24)14-28-21(25)13-22(5)29(26,27)18-9-7-15(2)8-10-18/h7-10,12H,6,11,13-14H2,1-5H3. The van der Waals surface area contributed by atoms with Gasteiger partial charge in [0, 0.05) is 30.5 Å². The number of esters is 1. The molecule has 1 aromatic heterocycles. The molecule has 0 bridgehead atoms. The lowest BCUT2D eigenvalue weighted by Crippen LogP contribution is -2.33. The molecule has 0 aliphatic heterocycles. The van der Waals surface area contributed by atoms with Crippen molar-refractivity contribution in [1.82, 2.24) is 8.87 Å². The lowest BCUT2D eigenvalue weighted by molar-refractivity contribution is -0.142. The van der Waals surface area contributed by atoms with Crippen LogP contribution in [-0.2, 0) is 26.1 Å². The predicted octanol–water partition coefficient (Wildman–Crippen LogP) is 2.87. The third-order valence-electron chi connectivity index (χ3n) is 4.77. The highest BCUT2D eigenvalue weighted by Gasteiger charge is 2.24. The number of nitrogens with zero attached hydrogens (tertiary/aromatic N) is 2. The van der Waals surface area contributed by atoms with Crippen molar-refractivity contribution in [2.75, 3.05) is 20.2 Å². The van der Waals surface area contributed by atoms with Crippen molar-refractivity contribution in [3.63, 3.8) is 0 Å². The summed E-state index contributed by atoms with van der Waals surface area (Å²) >= 11 is 0. The third kappa shape index (κ3) is 5.33. The van der Waals surface area contributed by atoms with Gasteiger partial charge >= 0.3 is 5.97 Å². The minimum Gasteiger partial charge on any atom is -0.456 e. The Kier molecular flexibility index (Phi) is 7.37. The Labute approximate surface area is 172 Å². The Balaban J connectivity index is 1.98. The van der Waals surface area contributed by atoms with Crippen LogP contribution in [0.1, 0.15) is 40.7 Å². The summed E-state index contributed by atoms with van der Waals surface area (Å²) in [5.41, 5.74) is 3.26. The molecule has 1 aromatic carbocycles. The van der Waals surface area contributed by atoms with Gasteiger partial charge in [-0.1, -0.05) is 24.6 Å². The fourth-order valence-electron chi connectivity index (χ4n) is 3.08. The Hall–Kier alpha value is -2.45. The average Bonchev–Trinajstić information content (AvgIpc) is 2.95. The first-order valence-corrected chi connectivity index (χ1v) is 10.9. The highest BCUT2D eigenvalue weighted by Crippen LogP contribution is 2.17. The maximum Gasteiger partial charge on any atom is 0.321 e. The number of rotatable bonds is 9. The first kappa shape index (κ1) is 22.8. The van der Waals surface area contributed by atoms with Crippen molar-refractivity contribution in [3.05, 3.63) is 52.8 Å². The van der Waals surface area contributed by atoms with Gasteiger partial charge in [-0.15, -0.1) is 0 Å². The molecule has 0 atom stereocenters. The Morgan fingerprint density at radius 1 is 1.10 bits per heavy atom. The highest BCUT2D eigenvalue weighted by molar-refractivity contribution is 7.89. The fraction of sp³-hybridized carbons (Fsp3) is 0.429. The molecule has 29 heavy (non-hydrogen) atoms. The summed E-state index contributed by atoms with van der Waals surface area (Å²) in [5, 5.41) is 0. The van der Waals surface area contributed by atoms with Crippen LogP contribution in [0.2, 0.25) is 0 Å². The number of hydrogen-bond donors (Lipinski definition) is 0. The molecule has 7 nitrogen and oxygen atoms in total. The monoisotopic (exact) mass is 420 g/mol. The lowest BCUT2D eigenvalue weighted by Gasteiger charge is -2.16. The van der Waals surface area contributed by atoms with Crippen molar-refractivity contribution >= 4 is 21.8 Å². The van der Waals surface area contributed by atoms with E-state index in [1.165, 1.54) is 19.2 Å². The number of Topliss-reactive ketones (excluding diaryl/α,β-unsaturated/α-hetero) is 1. The second-order valence-corrected chi connectivity index (χ2v) is 9.14. The number of likely N-dealkylation sites (N-methyl/N-ethyl adjacent to an activating group) is 1. The van der Waals surface area contributed by atoms with Gasteiger partial charge in [0.15, 0.2) is 6.61 Å². The summed E-state index contributed by atoms with van der Waals surface area (Å²) in [6, 6.07) is 8.14. The zero-order chi connectivity index (χ0) is 21.8. The van der Waals surface area contributed by atoms with Crippen LogP contribution in [0.4, 0.5) is 0 Å². The number of ketones is 1. The molecular formula is C21H28N2O5S. The van der Waals surface area contributed by atoms with Gasteiger partial charge in [-0.05, 0) is 45.4 Å². The number of benzene rings is 1. The lowest BCUT2D eigenvalue weighted by atomic mass is 10.1. The minimum atomic E-state index is -3.81. The number of sulfonamides is 1. The molecule has 0 fully saturated rings. The summed E-state index contributed by atoms with van der Waals surface area (Å²) < 4.78 is 33.1. The first-order valence-electron chi connectivity index (χ1n) is 9.46. The molecule has 0 aliphatic rings. The van der Waals surface area contributed by atoms with Gasteiger partial charge in [-0.25, -0.2) is 8.42 Å². The molecule has 8 heteroatoms. The van der Waals surface area contributed by atoms with E-state index in [1.807, 2.05) is 20.8 Å². The van der Waals surface area contributed by atoms with Gasteiger partial charge < -0.3 is 9.30 Å². The number of aromatic nitrogens is 1. The number of carbonyl (C=O) groups is 2. The smallest absolute Gasteiger partial charge is 0.321 e. The molecule has 158 valence electrons. The van der Waals surface area contributed by atoms with Crippen LogP contribution in [0.5, 0.6) is 0 Å².